The van der Waals surface area contributed by atoms with Gasteiger partial charge in [-0.3, -0.25) is 10.1 Å². The predicted molar refractivity (Wildman–Crippen MR) is 78.8 cm³/mol. The molecular weight excluding hydrogens is 274 g/mol. The predicted octanol–water partition coefficient (Wildman–Crippen LogP) is 2.19. The van der Waals surface area contributed by atoms with Gasteiger partial charge in [0.25, 0.3) is 5.69 Å². The van der Waals surface area contributed by atoms with E-state index in [4.69, 9.17) is 5.11 Å². The minimum absolute atomic E-state index is 0.0885. The molecule has 7 heteroatoms. The average molecular weight is 293 g/mol. The van der Waals surface area contributed by atoms with Crippen molar-refractivity contribution in [3.63, 3.8) is 0 Å². The van der Waals surface area contributed by atoms with Crippen molar-refractivity contribution in [2.45, 2.75) is 24.8 Å². The molecule has 0 radical (unpaired) electrons. The molecule has 1 aliphatic rings. The largest absolute Gasteiger partial charge is 0.477 e. The molecule has 21 heavy (non-hydrogen) atoms. The second-order valence-electron chi connectivity index (χ2n) is 5.62. The van der Waals surface area contributed by atoms with Gasteiger partial charge < -0.3 is 15.3 Å². The minimum atomic E-state index is -1.30. The summed E-state index contributed by atoms with van der Waals surface area (Å²) < 4.78 is 0. The molecule has 2 N–H and O–H groups in total. The van der Waals surface area contributed by atoms with E-state index in [-0.39, 0.29) is 16.8 Å². The van der Waals surface area contributed by atoms with Crippen LogP contribution in [0, 0.1) is 10.1 Å². The first kappa shape index (κ1) is 15.2. The van der Waals surface area contributed by atoms with Gasteiger partial charge in [0.2, 0.25) is 0 Å². The summed E-state index contributed by atoms with van der Waals surface area (Å²) in [4.78, 5) is 23.4. The average Bonchev–Trinajstić information content (AvgIpc) is 2.36. The fourth-order valence-corrected chi connectivity index (χ4v) is 2.61. The number of nitro groups is 1. The summed E-state index contributed by atoms with van der Waals surface area (Å²) in [5.41, 5.74) is -0.00631. The quantitative estimate of drug-likeness (QED) is 0.616. The van der Waals surface area contributed by atoms with Gasteiger partial charge in [-0.15, -0.1) is 0 Å². The zero-order chi connectivity index (χ0) is 15.6. The molecule has 114 valence electrons. The summed E-state index contributed by atoms with van der Waals surface area (Å²) in [6.45, 7) is 0.691. The van der Waals surface area contributed by atoms with Crippen LogP contribution in [0.25, 0.3) is 0 Å². The van der Waals surface area contributed by atoms with Crippen molar-refractivity contribution < 1.29 is 14.8 Å². The number of anilines is 1. The van der Waals surface area contributed by atoms with E-state index >= 15 is 0 Å². The summed E-state index contributed by atoms with van der Waals surface area (Å²) in [7, 11) is 4.05. The maximum absolute atomic E-state index is 11.1. The van der Waals surface area contributed by atoms with Crippen molar-refractivity contribution in [2.24, 2.45) is 0 Å². The van der Waals surface area contributed by atoms with Crippen LogP contribution in [0.1, 0.15) is 29.6 Å². The van der Waals surface area contributed by atoms with Gasteiger partial charge in [-0.05, 0) is 45.5 Å². The molecule has 0 aromatic heterocycles. The molecule has 1 saturated carbocycles. The number of carboxylic acid groups (broad SMARTS) is 1. The smallest absolute Gasteiger partial charge is 0.342 e. The van der Waals surface area contributed by atoms with Crippen LogP contribution in [-0.2, 0) is 0 Å². The number of nitro benzene ring substituents is 1. The van der Waals surface area contributed by atoms with Gasteiger partial charge in [0, 0.05) is 23.8 Å². The molecule has 0 unspecified atom stereocenters. The van der Waals surface area contributed by atoms with E-state index in [9.17, 15) is 14.9 Å². The fraction of sp³-hybridized carbons (Fsp3) is 0.500. The molecule has 0 spiro atoms. The highest BCUT2D eigenvalue weighted by Crippen LogP contribution is 2.36. The van der Waals surface area contributed by atoms with Crippen LogP contribution in [0.3, 0.4) is 0 Å². The Balaban J connectivity index is 2.16. The molecule has 0 atom stereocenters. The molecule has 0 heterocycles. The van der Waals surface area contributed by atoms with Crippen molar-refractivity contribution in [1.29, 1.82) is 0 Å². The van der Waals surface area contributed by atoms with Gasteiger partial charge in [-0.1, -0.05) is 0 Å². The number of nitrogens with one attached hydrogen (secondary N) is 1. The topological polar surface area (TPSA) is 95.7 Å². The van der Waals surface area contributed by atoms with Gasteiger partial charge in [0.15, 0.2) is 0 Å². The summed E-state index contributed by atoms with van der Waals surface area (Å²) in [6, 6.07) is 4.10. The van der Waals surface area contributed by atoms with E-state index in [1.54, 1.807) is 6.07 Å². The molecule has 1 fully saturated rings. The monoisotopic (exact) mass is 293 g/mol. The number of carboxylic acids is 1. The highest BCUT2D eigenvalue weighted by atomic mass is 16.6. The Kier molecular flexibility index (Phi) is 4.13. The van der Waals surface area contributed by atoms with Gasteiger partial charge >= 0.3 is 5.97 Å². The number of carbonyl (C=O) groups is 1. The number of benzene rings is 1. The van der Waals surface area contributed by atoms with Crippen molar-refractivity contribution in [1.82, 2.24) is 4.90 Å². The first-order chi connectivity index (χ1) is 9.85. The molecule has 0 amide bonds. The zero-order valence-corrected chi connectivity index (χ0v) is 12.1. The molecule has 1 aromatic rings. The lowest BCUT2D eigenvalue weighted by Gasteiger charge is -2.47. The molecular formula is C14H19N3O4. The molecule has 0 bridgehead atoms. The minimum Gasteiger partial charge on any atom is -0.477 e. The van der Waals surface area contributed by atoms with Crippen molar-refractivity contribution in [3.05, 3.63) is 33.9 Å². The van der Waals surface area contributed by atoms with Gasteiger partial charge in [0.05, 0.1) is 4.92 Å². The number of hydrogen-bond donors (Lipinski definition) is 2. The SMILES string of the molecule is CN(C)C1(CNc2ccc([N+](=O)[O-])c(C(=O)O)c2)CCC1. The van der Waals surface area contributed by atoms with E-state index in [1.807, 2.05) is 14.1 Å². The Hall–Kier alpha value is -2.15. The molecule has 0 saturated heterocycles. The van der Waals surface area contributed by atoms with Crippen LogP contribution < -0.4 is 5.32 Å². The Morgan fingerprint density at radius 2 is 2.14 bits per heavy atom. The highest BCUT2D eigenvalue weighted by molar-refractivity contribution is 5.93. The number of rotatable bonds is 6. The lowest BCUT2D eigenvalue weighted by molar-refractivity contribution is -0.385. The van der Waals surface area contributed by atoms with Crippen LogP contribution in [0.15, 0.2) is 18.2 Å². The van der Waals surface area contributed by atoms with E-state index in [1.165, 1.54) is 18.6 Å². The van der Waals surface area contributed by atoms with Crippen LogP contribution in [0.5, 0.6) is 0 Å². The van der Waals surface area contributed by atoms with E-state index < -0.39 is 10.9 Å². The third-order valence-corrected chi connectivity index (χ3v) is 4.28. The maximum Gasteiger partial charge on any atom is 0.342 e. The summed E-state index contributed by atoms with van der Waals surface area (Å²) in [5.74, 6) is -1.30. The first-order valence-corrected chi connectivity index (χ1v) is 6.79. The van der Waals surface area contributed by atoms with E-state index in [0.29, 0.717) is 12.2 Å². The van der Waals surface area contributed by atoms with Crippen molar-refractivity contribution >= 4 is 17.3 Å². The van der Waals surface area contributed by atoms with Crippen LogP contribution in [0.2, 0.25) is 0 Å². The summed E-state index contributed by atoms with van der Waals surface area (Å²) in [6.07, 6.45) is 3.36. The highest BCUT2D eigenvalue weighted by Gasteiger charge is 2.38. The van der Waals surface area contributed by atoms with Gasteiger partial charge in [-0.2, -0.15) is 0 Å². The molecule has 2 rings (SSSR count). The van der Waals surface area contributed by atoms with Crippen LogP contribution >= 0.6 is 0 Å². The third-order valence-electron chi connectivity index (χ3n) is 4.28. The number of nitrogens with zero attached hydrogens (tertiary/aromatic N) is 2. The van der Waals surface area contributed by atoms with Crippen molar-refractivity contribution in [2.75, 3.05) is 26.0 Å². The van der Waals surface area contributed by atoms with E-state index in [0.717, 1.165) is 12.8 Å². The Labute approximate surface area is 122 Å². The first-order valence-electron chi connectivity index (χ1n) is 6.79. The Morgan fingerprint density at radius 1 is 1.48 bits per heavy atom. The Morgan fingerprint density at radius 3 is 2.57 bits per heavy atom. The van der Waals surface area contributed by atoms with Crippen LogP contribution in [0.4, 0.5) is 11.4 Å². The standard InChI is InChI=1S/C14H19N3O4/c1-16(2)14(6-3-7-14)9-15-10-4-5-12(17(20)21)11(8-10)13(18)19/h4-5,8,15H,3,6-7,9H2,1-2H3,(H,18,19). The molecule has 1 aliphatic carbocycles. The van der Waals surface area contributed by atoms with Crippen LogP contribution in [-0.4, -0.2) is 47.1 Å². The van der Waals surface area contributed by atoms with Gasteiger partial charge in [-0.25, -0.2) is 4.79 Å². The lowest BCUT2D eigenvalue weighted by Crippen LogP contribution is -2.54. The van der Waals surface area contributed by atoms with Gasteiger partial charge in [0.1, 0.15) is 5.56 Å². The second-order valence-corrected chi connectivity index (χ2v) is 5.62. The Bertz CT molecular complexity index is 567. The second kappa shape index (κ2) is 5.69. The maximum atomic E-state index is 11.1. The molecule has 0 aliphatic heterocycles. The van der Waals surface area contributed by atoms with E-state index in [2.05, 4.69) is 10.2 Å². The third kappa shape index (κ3) is 2.97. The zero-order valence-electron chi connectivity index (χ0n) is 12.1. The number of likely N-dealkylation sites (N-methyl/N-ethyl adjacent to an activating group) is 1. The molecule has 1 aromatic carbocycles. The summed E-state index contributed by atoms with van der Waals surface area (Å²) >= 11 is 0. The van der Waals surface area contributed by atoms with Crippen molar-refractivity contribution in [3.8, 4) is 0 Å². The number of aromatic carboxylic acids is 1. The molecule has 7 nitrogen and oxygen atoms in total. The number of hydrogen-bond acceptors (Lipinski definition) is 5. The lowest BCUT2D eigenvalue weighted by atomic mass is 9.75. The normalized spacial score (nSPS) is 16.3. The fourth-order valence-electron chi connectivity index (χ4n) is 2.61. The summed E-state index contributed by atoms with van der Waals surface area (Å²) in [5, 5.41) is 23.1.